The number of carboxylic acids is 1. The lowest BCUT2D eigenvalue weighted by Crippen LogP contribution is -2.06. The van der Waals surface area contributed by atoms with Gasteiger partial charge in [0.1, 0.15) is 5.52 Å². The van der Waals surface area contributed by atoms with Crippen LogP contribution in [0.3, 0.4) is 0 Å². The number of rotatable bonds is 3. The van der Waals surface area contributed by atoms with Gasteiger partial charge in [-0.1, -0.05) is 12.1 Å². The van der Waals surface area contributed by atoms with Crippen molar-refractivity contribution in [3.63, 3.8) is 0 Å². The summed E-state index contributed by atoms with van der Waals surface area (Å²) in [6.45, 7) is 1.54. The van der Waals surface area contributed by atoms with E-state index in [9.17, 15) is 18.0 Å². The predicted octanol–water partition coefficient (Wildman–Crippen LogP) is 4.70. The lowest BCUT2D eigenvalue weighted by molar-refractivity contribution is -0.138. The van der Waals surface area contributed by atoms with Crippen molar-refractivity contribution in [2.45, 2.75) is 19.0 Å². The zero-order valence-corrected chi connectivity index (χ0v) is 12.5. The Kier molecular flexibility index (Phi) is 3.79. The fourth-order valence-corrected chi connectivity index (χ4v) is 2.31. The van der Waals surface area contributed by atoms with Gasteiger partial charge in [0.2, 0.25) is 5.89 Å². The fraction of sp³-hybridized carbons (Fsp3) is 0.176. The van der Waals surface area contributed by atoms with Gasteiger partial charge in [-0.3, -0.25) is 4.79 Å². The maximum atomic E-state index is 12.8. The van der Waals surface area contributed by atoms with E-state index in [1.807, 2.05) is 0 Å². The third-order valence-electron chi connectivity index (χ3n) is 3.72. The van der Waals surface area contributed by atoms with Gasteiger partial charge in [0.25, 0.3) is 0 Å². The Morgan fingerprint density at radius 2 is 1.96 bits per heavy atom. The number of alkyl halides is 3. The number of hydrogen-bond donors (Lipinski definition) is 1. The summed E-state index contributed by atoms with van der Waals surface area (Å²) in [5.41, 5.74) is 0.729. The summed E-state index contributed by atoms with van der Waals surface area (Å²) in [7, 11) is 0. The minimum Gasteiger partial charge on any atom is -0.481 e. The van der Waals surface area contributed by atoms with E-state index < -0.39 is 23.6 Å². The molecule has 124 valence electrons. The van der Waals surface area contributed by atoms with Gasteiger partial charge in [0.15, 0.2) is 5.58 Å². The van der Waals surface area contributed by atoms with Gasteiger partial charge >= 0.3 is 12.1 Å². The van der Waals surface area contributed by atoms with Crippen LogP contribution >= 0.6 is 0 Å². The van der Waals surface area contributed by atoms with Crippen LogP contribution in [0, 0.1) is 0 Å². The van der Waals surface area contributed by atoms with Crippen molar-refractivity contribution in [1.82, 2.24) is 4.98 Å². The van der Waals surface area contributed by atoms with E-state index in [4.69, 9.17) is 9.52 Å². The minimum absolute atomic E-state index is 0.0521. The maximum absolute atomic E-state index is 12.8. The summed E-state index contributed by atoms with van der Waals surface area (Å²) in [5.74, 6) is -1.64. The van der Waals surface area contributed by atoms with E-state index in [1.165, 1.54) is 19.1 Å². The summed E-state index contributed by atoms with van der Waals surface area (Å²) >= 11 is 0. The lowest BCUT2D eigenvalue weighted by Gasteiger charge is -2.06. The minimum atomic E-state index is -4.45. The lowest BCUT2D eigenvalue weighted by atomic mass is 10.0. The number of carboxylic acid groups (broad SMARTS) is 1. The SMILES string of the molecule is CC(C(=O)O)c1ccc2oc(-c3cccc(C(F)(F)F)c3)nc2c1. The second kappa shape index (κ2) is 5.67. The summed E-state index contributed by atoms with van der Waals surface area (Å²) in [6.07, 6.45) is -4.45. The quantitative estimate of drug-likeness (QED) is 0.753. The van der Waals surface area contributed by atoms with Crippen LogP contribution in [0.15, 0.2) is 46.9 Å². The Hall–Kier alpha value is -2.83. The summed E-state index contributed by atoms with van der Waals surface area (Å²) in [6, 6.07) is 9.42. The molecular formula is C17H12F3NO3. The molecule has 0 aliphatic carbocycles. The van der Waals surface area contributed by atoms with Crippen molar-refractivity contribution >= 4 is 17.1 Å². The first-order valence-corrected chi connectivity index (χ1v) is 7.06. The first-order valence-electron chi connectivity index (χ1n) is 7.06. The number of benzene rings is 2. The van der Waals surface area contributed by atoms with Crippen molar-refractivity contribution in [3.05, 3.63) is 53.6 Å². The smallest absolute Gasteiger partial charge is 0.416 e. The molecule has 1 aromatic heterocycles. The Morgan fingerprint density at radius 1 is 1.21 bits per heavy atom. The number of aromatic nitrogens is 1. The van der Waals surface area contributed by atoms with E-state index >= 15 is 0 Å². The van der Waals surface area contributed by atoms with Gasteiger partial charge in [-0.2, -0.15) is 13.2 Å². The van der Waals surface area contributed by atoms with Crippen LogP contribution in [-0.4, -0.2) is 16.1 Å². The standard InChI is InChI=1S/C17H12F3NO3/c1-9(16(22)23)10-5-6-14-13(8-10)21-15(24-14)11-3-2-4-12(7-11)17(18,19)20/h2-9H,1H3,(H,22,23). The Balaban J connectivity index is 2.04. The Morgan fingerprint density at radius 3 is 2.62 bits per heavy atom. The van der Waals surface area contributed by atoms with E-state index in [2.05, 4.69) is 4.98 Å². The van der Waals surface area contributed by atoms with Gasteiger partial charge in [-0.05, 0) is 42.8 Å². The number of oxazole rings is 1. The third-order valence-corrected chi connectivity index (χ3v) is 3.72. The van der Waals surface area contributed by atoms with Crippen molar-refractivity contribution in [1.29, 1.82) is 0 Å². The fourth-order valence-electron chi connectivity index (χ4n) is 2.31. The normalized spacial score (nSPS) is 13.2. The molecule has 0 aliphatic rings. The number of aliphatic carboxylic acids is 1. The van der Waals surface area contributed by atoms with Crippen LogP contribution in [0.4, 0.5) is 13.2 Å². The number of hydrogen-bond acceptors (Lipinski definition) is 3. The van der Waals surface area contributed by atoms with E-state index in [-0.39, 0.29) is 11.5 Å². The molecule has 3 aromatic rings. The van der Waals surface area contributed by atoms with Gasteiger partial charge in [0, 0.05) is 5.56 Å². The molecule has 1 heterocycles. The largest absolute Gasteiger partial charge is 0.481 e. The molecule has 0 saturated carbocycles. The van der Waals surface area contributed by atoms with E-state index in [0.29, 0.717) is 16.7 Å². The molecule has 0 amide bonds. The Bertz CT molecular complexity index is 915. The summed E-state index contributed by atoms with van der Waals surface area (Å²) in [5, 5.41) is 9.05. The second-order valence-electron chi connectivity index (χ2n) is 5.38. The van der Waals surface area contributed by atoms with Crippen molar-refractivity contribution in [3.8, 4) is 11.5 Å². The van der Waals surface area contributed by atoms with Gasteiger partial charge < -0.3 is 9.52 Å². The molecular weight excluding hydrogens is 323 g/mol. The monoisotopic (exact) mass is 335 g/mol. The molecule has 24 heavy (non-hydrogen) atoms. The van der Waals surface area contributed by atoms with E-state index in [1.54, 1.807) is 18.2 Å². The maximum Gasteiger partial charge on any atom is 0.416 e. The van der Waals surface area contributed by atoms with Crippen LogP contribution in [0.1, 0.15) is 24.0 Å². The molecule has 0 bridgehead atoms. The molecule has 7 heteroatoms. The molecule has 3 rings (SSSR count). The Labute approximate surface area is 134 Å². The molecule has 0 aliphatic heterocycles. The van der Waals surface area contributed by atoms with Crippen LogP contribution in [0.2, 0.25) is 0 Å². The highest BCUT2D eigenvalue weighted by Crippen LogP contribution is 2.33. The van der Waals surface area contributed by atoms with Gasteiger partial charge in [0.05, 0.1) is 11.5 Å². The summed E-state index contributed by atoms with van der Waals surface area (Å²) in [4.78, 5) is 15.2. The van der Waals surface area contributed by atoms with Crippen LogP contribution in [-0.2, 0) is 11.0 Å². The van der Waals surface area contributed by atoms with Crippen molar-refractivity contribution in [2.75, 3.05) is 0 Å². The van der Waals surface area contributed by atoms with Gasteiger partial charge in [-0.15, -0.1) is 0 Å². The molecule has 0 spiro atoms. The first kappa shape index (κ1) is 16.0. The third kappa shape index (κ3) is 2.97. The van der Waals surface area contributed by atoms with Crippen LogP contribution in [0.5, 0.6) is 0 Å². The number of halogens is 3. The zero-order valence-electron chi connectivity index (χ0n) is 12.5. The highest BCUT2D eigenvalue weighted by molar-refractivity contribution is 5.81. The molecule has 2 aromatic carbocycles. The first-order chi connectivity index (χ1) is 11.3. The zero-order chi connectivity index (χ0) is 17.5. The van der Waals surface area contributed by atoms with Crippen molar-refractivity contribution < 1.29 is 27.5 Å². The molecule has 1 atom stereocenters. The molecule has 1 unspecified atom stereocenters. The number of carbonyl (C=O) groups is 1. The second-order valence-corrected chi connectivity index (χ2v) is 5.38. The highest BCUT2D eigenvalue weighted by atomic mass is 19.4. The molecule has 0 radical (unpaired) electrons. The average Bonchev–Trinajstić information content (AvgIpc) is 2.96. The highest BCUT2D eigenvalue weighted by Gasteiger charge is 2.30. The van der Waals surface area contributed by atoms with Gasteiger partial charge in [-0.25, -0.2) is 4.98 Å². The number of fused-ring (bicyclic) bond motifs is 1. The van der Waals surface area contributed by atoms with Crippen molar-refractivity contribution in [2.24, 2.45) is 0 Å². The molecule has 4 nitrogen and oxygen atoms in total. The average molecular weight is 335 g/mol. The molecule has 0 fully saturated rings. The van der Waals surface area contributed by atoms with Crippen LogP contribution in [0.25, 0.3) is 22.6 Å². The predicted molar refractivity (Wildman–Crippen MR) is 80.5 cm³/mol. The summed E-state index contributed by atoms with van der Waals surface area (Å²) < 4.78 is 43.9. The molecule has 0 saturated heterocycles. The topological polar surface area (TPSA) is 63.3 Å². The van der Waals surface area contributed by atoms with Crippen LogP contribution < -0.4 is 0 Å². The van der Waals surface area contributed by atoms with E-state index in [0.717, 1.165) is 12.1 Å². The molecule has 1 N–H and O–H groups in total. The number of nitrogens with zero attached hydrogens (tertiary/aromatic N) is 1.